The number of benzene rings is 1. The summed E-state index contributed by atoms with van der Waals surface area (Å²) in [5.74, 6) is 0.126. The van der Waals surface area contributed by atoms with Crippen LogP contribution in [-0.2, 0) is 9.53 Å². The van der Waals surface area contributed by atoms with Crippen LogP contribution in [0.5, 0.6) is 11.5 Å². The van der Waals surface area contributed by atoms with Gasteiger partial charge in [0.1, 0.15) is 11.3 Å². The molecular formula is C18H23N3O6. The Bertz CT molecular complexity index is 810. The molecule has 0 bridgehead atoms. The van der Waals surface area contributed by atoms with E-state index in [4.69, 9.17) is 14.2 Å². The van der Waals surface area contributed by atoms with Crippen LogP contribution in [0.3, 0.4) is 0 Å². The molecule has 27 heavy (non-hydrogen) atoms. The van der Waals surface area contributed by atoms with Crippen LogP contribution >= 0.6 is 0 Å². The zero-order valence-electron chi connectivity index (χ0n) is 16.1. The number of anilines is 1. The van der Waals surface area contributed by atoms with Gasteiger partial charge in [-0.25, -0.2) is 9.59 Å². The van der Waals surface area contributed by atoms with Crippen LogP contribution < -0.4 is 20.1 Å². The standard InChI is InChI=1S/C18H23N3O6/c1-18(2,3)27-17(24)19-11-7-8-13(25-5)14(26-6)10(11)9-12-15(22)20-16(23)21(12)4/h7-9H,1-6H3,(H,19,24)(H,20,22,23)/b12-9+. The first kappa shape index (κ1) is 20.1. The van der Waals surface area contributed by atoms with E-state index in [0.29, 0.717) is 22.7 Å². The summed E-state index contributed by atoms with van der Waals surface area (Å²) in [6, 6.07) is 2.65. The number of imide groups is 1. The molecule has 1 aromatic rings. The van der Waals surface area contributed by atoms with E-state index in [1.54, 1.807) is 32.9 Å². The Hall–Kier alpha value is -3.23. The van der Waals surface area contributed by atoms with Crippen molar-refractivity contribution in [2.75, 3.05) is 26.6 Å². The fraction of sp³-hybridized carbons (Fsp3) is 0.389. The van der Waals surface area contributed by atoms with Crippen LogP contribution in [0.25, 0.3) is 6.08 Å². The second-order valence-corrected chi connectivity index (χ2v) is 6.74. The minimum absolute atomic E-state index is 0.0961. The Morgan fingerprint density at radius 1 is 1.19 bits per heavy atom. The van der Waals surface area contributed by atoms with Crippen LogP contribution in [0.2, 0.25) is 0 Å². The number of ether oxygens (including phenoxy) is 3. The minimum atomic E-state index is -0.683. The van der Waals surface area contributed by atoms with E-state index in [9.17, 15) is 14.4 Å². The Labute approximate surface area is 157 Å². The summed E-state index contributed by atoms with van der Waals surface area (Å²) in [5.41, 5.74) is 0.0974. The predicted octanol–water partition coefficient (Wildman–Crippen LogP) is 2.57. The summed E-state index contributed by atoms with van der Waals surface area (Å²) < 4.78 is 15.9. The van der Waals surface area contributed by atoms with Gasteiger partial charge in [-0.15, -0.1) is 0 Å². The number of methoxy groups -OCH3 is 2. The Morgan fingerprint density at radius 3 is 2.33 bits per heavy atom. The highest BCUT2D eigenvalue weighted by Crippen LogP contribution is 2.38. The van der Waals surface area contributed by atoms with Gasteiger partial charge in [0.15, 0.2) is 11.5 Å². The van der Waals surface area contributed by atoms with Gasteiger partial charge < -0.3 is 14.2 Å². The van der Waals surface area contributed by atoms with Gasteiger partial charge in [-0.3, -0.25) is 20.3 Å². The molecular weight excluding hydrogens is 354 g/mol. The molecule has 0 radical (unpaired) electrons. The largest absolute Gasteiger partial charge is 0.493 e. The molecule has 9 heteroatoms. The molecule has 1 fully saturated rings. The average molecular weight is 377 g/mol. The van der Waals surface area contributed by atoms with E-state index in [-0.39, 0.29) is 5.70 Å². The number of rotatable bonds is 4. The normalized spacial score (nSPS) is 15.6. The lowest BCUT2D eigenvalue weighted by Gasteiger charge is -2.21. The first-order valence-corrected chi connectivity index (χ1v) is 8.13. The van der Waals surface area contributed by atoms with Gasteiger partial charge in [0.25, 0.3) is 5.91 Å². The number of amides is 4. The van der Waals surface area contributed by atoms with Crippen molar-refractivity contribution in [1.82, 2.24) is 10.2 Å². The minimum Gasteiger partial charge on any atom is -0.493 e. The maximum Gasteiger partial charge on any atom is 0.412 e. The van der Waals surface area contributed by atoms with Gasteiger partial charge in [-0.2, -0.15) is 0 Å². The maximum atomic E-state index is 12.2. The molecule has 0 unspecified atom stereocenters. The van der Waals surface area contributed by atoms with Gasteiger partial charge in [0.2, 0.25) is 0 Å². The SMILES string of the molecule is COc1ccc(NC(=O)OC(C)(C)C)c(/C=C2\C(=O)NC(=O)N2C)c1OC. The summed E-state index contributed by atoms with van der Waals surface area (Å²) >= 11 is 0. The van der Waals surface area contributed by atoms with Crippen LogP contribution in [-0.4, -0.2) is 49.8 Å². The smallest absolute Gasteiger partial charge is 0.412 e. The molecule has 0 spiro atoms. The number of carbonyl (C=O) groups is 3. The van der Waals surface area contributed by atoms with Gasteiger partial charge in [-0.05, 0) is 39.0 Å². The molecule has 1 heterocycles. The van der Waals surface area contributed by atoms with Crippen molar-refractivity contribution in [3.63, 3.8) is 0 Å². The van der Waals surface area contributed by atoms with E-state index < -0.39 is 23.6 Å². The fourth-order valence-corrected chi connectivity index (χ4v) is 2.42. The van der Waals surface area contributed by atoms with Gasteiger partial charge >= 0.3 is 12.1 Å². The molecule has 9 nitrogen and oxygen atoms in total. The van der Waals surface area contributed by atoms with Gasteiger partial charge in [-0.1, -0.05) is 0 Å². The summed E-state index contributed by atoms with van der Waals surface area (Å²) in [6.07, 6.45) is 0.767. The first-order valence-electron chi connectivity index (χ1n) is 8.13. The third kappa shape index (κ3) is 4.49. The molecule has 1 aliphatic rings. The number of nitrogens with one attached hydrogen (secondary N) is 2. The molecule has 0 aromatic heterocycles. The second-order valence-electron chi connectivity index (χ2n) is 6.74. The molecule has 4 amide bonds. The van der Waals surface area contributed by atoms with Crippen LogP contribution in [0.1, 0.15) is 26.3 Å². The lowest BCUT2D eigenvalue weighted by Crippen LogP contribution is -2.27. The zero-order chi connectivity index (χ0) is 20.4. The van der Waals surface area contributed by atoms with Crippen molar-refractivity contribution in [1.29, 1.82) is 0 Å². The van der Waals surface area contributed by atoms with Crippen molar-refractivity contribution in [3.8, 4) is 11.5 Å². The van der Waals surface area contributed by atoms with Gasteiger partial charge in [0.05, 0.1) is 19.9 Å². The molecule has 2 rings (SSSR count). The summed E-state index contributed by atoms with van der Waals surface area (Å²) in [5, 5.41) is 4.82. The van der Waals surface area contributed by atoms with E-state index >= 15 is 0 Å². The van der Waals surface area contributed by atoms with Crippen molar-refractivity contribution in [2.24, 2.45) is 0 Å². The monoisotopic (exact) mass is 377 g/mol. The topological polar surface area (TPSA) is 106 Å². The number of likely N-dealkylation sites (N-methyl/N-ethyl adjacent to an activating group) is 1. The van der Waals surface area contributed by atoms with Crippen molar-refractivity contribution in [2.45, 2.75) is 26.4 Å². The highest BCUT2D eigenvalue weighted by molar-refractivity contribution is 6.14. The molecule has 0 saturated carbocycles. The Morgan fingerprint density at radius 2 is 1.85 bits per heavy atom. The van der Waals surface area contributed by atoms with E-state index in [1.165, 1.54) is 32.2 Å². The van der Waals surface area contributed by atoms with Crippen LogP contribution in [0.4, 0.5) is 15.3 Å². The van der Waals surface area contributed by atoms with Crippen LogP contribution in [0, 0.1) is 0 Å². The molecule has 1 aliphatic heterocycles. The average Bonchev–Trinajstić information content (AvgIpc) is 2.80. The summed E-state index contributed by atoms with van der Waals surface area (Å²) in [7, 11) is 4.36. The predicted molar refractivity (Wildman–Crippen MR) is 98.7 cm³/mol. The van der Waals surface area contributed by atoms with Crippen molar-refractivity contribution in [3.05, 3.63) is 23.4 Å². The summed E-state index contributed by atoms with van der Waals surface area (Å²) in [4.78, 5) is 37.1. The van der Waals surface area contributed by atoms with E-state index in [1.807, 2.05) is 0 Å². The Balaban J connectivity index is 2.54. The molecule has 0 atom stereocenters. The molecule has 2 N–H and O–H groups in total. The van der Waals surface area contributed by atoms with E-state index in [0.717, 1.165) is 0 Å². The highest BCUT2D eigenvalue weighted by atomic mass is 16.6. The highest BCUT2D eigenvalue weighted by Gasteiger charge is 2.31. The molecule has 0 aliphatic carbocycles. The Kier molecular flexibility index (Phi) is 5.63. The lowest BCUT2D eigenvalue weighted by molar-refractivity contribution is -0.115. The molecule has 146 valence electrons. The van der Waals surface area contributed by atoms with Gasteiger partial charge in [0, 0.05) is 12.6 Å². The van der Waals surface area contributed by atoms with Crippen molar-refractivity contribution < 1.29 is 28.6 Å². The summed E-state index contributed by atoms with van der Waals surface area (Å²) in [6.45, 7) is 5.23. The lowest BCUT2D eigenvalue weighted by atomic mass is 10.1. The van der Waals surface area contributed by atoms with Crippen LogP contribution in [0.15, 0.2) is 17.8 Å². The van der Waals surface area contributed by atoms with E-state index in [2.05, 4.69) is 10.6 Å². The third-order valence-electron chi connectivity index (χ3n) is 3.62. The second kappa shape index (κ2) is 7.56. The number of hydrogen-bond donors (Lipinski definition) is 2. The third-order valence-corrected chi connectivity index (χ3v) is 3.62. The number of nitrogens with zero attached hydrogens (tertiary/aromatic N) is 1. The fourth-order valence-electron chi connectivity index (χ4n) is 2.42. The molecule has 1 saturated heterocycles. The number of urea groups is 1. The quantitative estimate of drug-likeness (QED) is 0.617. The molecule has 1 aromatic carbocycles. The van der Waals surface area contributed by atoms with Crippen molar-refractivity contribution >= 4 is 29.8 Å². The number of hydrogen-bond acceptors (Lipinski definition) is 6. The first-order chi connectivity index (χ1) is 12.6. The zero-order valence-corrected chi connectivity index (χ0v) is 16.1. The maximum absolute atomic E-state index is 12.2. The number of carbonyl (C=O) groups excluding carboxylic acids is 3.